The normalized spacial score (nSPS) is 13.4. The molecule has 0 aliphatic carbocycles. The van der Waals surface area contributed by atoms with E-state index in [4.69, 9.17) is 9.47 Å². The number of fused-ring (bicyclic) bond motifs is 1. The van der Waals surface area contributed by atoms with Gasteiger partial charge in [-0.3, -0.25) is 0 Å². The van der Waals surface area contributed by atoms with E-state index in [0.29, 0.717) is 59.6 Å². The van der Waals surface area contributed by atoms with Crippen LogP contribution in [-0.4, -0.2) is 29.5 Å². The third kappa shape index (κ3) is 6.41. The zero-order valence-corrected chi connectivity index (χ0v) is 20.8. The molecule has 0 saturated heterocycles. The summed E-state index contributed by atoms with van der Waals surface area (Å²) < 4.78 is 65.7. The highest BCUT2D eigenvalue weighted by molar-refractivity contribution is 5.92. The number of hydrogen-bond acceptors (Lipinski definition) is 6. The number of carbonyl (C=O) groups excluding carboxylic acids is 1. The average molecular weight is 508 g/mol. The monoisotopic (exact) mass is 507 g/mol. The van der Waals surface area contributed by atoms with E-state index in [1.165, 1.54) is 19.2 Å². The van der Waals surface area contributed by atoms with Crippen LogP contribution in [0.4, 0.5) is 23.4 Å². The van der Waals surface area contributed by atoms with Crippen LogP contribution >= 0.6 is 0 Å². The summed E-state index contributed by atoms with van der Waals surface area (Å²) >= 11 is 0. The number of ether oxygens (including phenoxy) is 2. The Balaban J connectivity index is 1.94. The Morgan fingerprint density at radius 2 is 1.86 bits per heavy atom. The molecule has 36 heavy (non-hydrogen) atoms. The number of benzene rings is 2. The molecule has 0 fully saturated rings. The van der Waals surface area contributed by atoms with Crippen LogP contribution in [0.5, 0.6) is 11.5 Å². The van der Waals surface area contributed by atoms with E-state index in [9.17, 15) is 22.4 Å². The molecule has 0 saturated carbocycles. The second-order valence-corrected chi connectivity index (χ2v) is 8.87. The number of Topliss-reactive ketones (excluding diaryl/α,β-unsaturated/α-hetero) is 1. The van der Waals surface area contributed by atoms with Crippen molar-refractivity contribution in [3.8, 4) is 11.5 Å². The van der Waals surface area contributed by atoms with Crippen molar-refractivity contribution in [2.45, 2.75) is 52.8 Å². The van der Waals surface area contributed by atoms with Gasteiger partial charge in [-0.25, -0.2) is 14.4 Å². The van der Waals surface area contributed by atoms with E-state index in [2.05, 4.69) is 15.3 Å². The molecule has 3 aromatic rings. The third-order valence-electron chi connectivity index (χ3n) is 5.76. The molecule has 0 aliphatic rings. The minimum atomic E-state index is -4.80. The number of methoxy groups -OCH3 is 1. The molecule has 0 bridgehead atoms. The van der Waals surface area contributed by atoms with Crippen LogP contribution in [0.15, 0.2) is 30.3 Å². The maximum atomic E-state index is 14.7. The first-order valence-electron chi connectivity index (χ1n) is 11.5. The molecule has 0 radical (unpaired) electrons. The Morgan fingerprint density at radius 3 is 2.50 bits per heavy atom. The van der Waals surface area contributed by atoms with Crippen LogP contribution in [0.2, 0.25) is 0 Å². The Labute approximate surface area is 207 Å². The molecule has 2 aromatic carbocycles. The van der Waals surface area contributed by atoms with Gasteiger partial charge in [-0.2, -0.15) is 13.2 Å². The molecule has 1 heterocycles. The fourth-order valence-electron chi connectivity index (χ4n) is 3.79. The molecular weight excluding hydrogens is 478 g/mol. The number of hydrogen-bond donors (Lipinski definition) is 1. The van der Waals surface area contributed by atoms with Gasteiger partial charge in [-0.15, -0.1) is 0 Å². The lowest BCUT2D eigenvalue weighted by Crippen LogP contribution is -2.15. The van der Waals surface area contributed by atoms with Crippen molar-refractivity contribution in [3.05, 3.63) is 53.1 Å². The summed E-state index contributed by atoms with van der Waals surface area (Å²) in [5.74, 6) is 0.500. The van der Waals surface area contributed by atoms with Gasteiger partial charge in [0.25, 0.3) is 0 Å². The first-order chi connectivity index (χ1) is 16.9. The molecular formula is C26H29F4N3O3. The van der Waals surface area contributed by atoms with Crippen molar-refractivity contribution >= 4 is 22.5 Å². The summed E-state index contributed by atoms with van der Waals surface area (Å²) in [7, 11) is 1.50. The lowest BCUT2D eigenvalue weighted by atomic mass is 10.0. The predicted octanol–water partition coefficient (Wildman–Crippen LogP) is 6.66. The van der Waals surface area contributed by atoms with Crippen molar-refractivity contribution in [2.24, 2.45) is 5.92 Å². The van der Waals surface area contributed by atoms with Crippen LogP contribution in [0.1, 0.15) is 56.6 Å². The van der Waals surface area contributed by atoms with Gasteiger partial charge >= 0.3 is 6.18 Å². The Hall–Kier alpha value is -3.43. The van der Waals surface area contributed by atoms with Crippen LogP contribution in [0, 0.1) is 18.7 Å². The first kappa shape index (κ1) is 27.2. The molecule has 0 aliphatic heterocycles. The first-order valence-corrected chi connectivity index (χ1v) is 11.5. The van der Waals surface area contributed by atoms with Gasteiger partial charge < -0.3 is 19.6 Å². The van der Waals surface area contributed by atoms with E-state index < -0.39 is 23.6 Å². The number of alkyl halides is 3. The topological polar surface area (TPSA) is 73.3 Å². The fourth-order valence-corrected chi connectivity index (χ4v) is 3.79. The van der Waals surface area contributed by atoms with E-state index in [1.54, 1.807) is 32.9 Å². The molecule has 3 rings (SSSR count). The average Bonchev–Trinajstić information content (AvgIpc) is 2.80. The van der Waals surface area contributed by atoms with E-state index in [-0.39, 0.29) is 17.3 Å². The molecule has 0 amide bonds. The number of ketones is 1. The van der Waals surface area contributed by atoms with Crippen molar-refractivity contribution in [3.63, 3.8) is 0 Å². The van der Waals surface area contributed by atoms with Crippen molar-refractivity contribution in [1.82, 2.24) is 9.97 Å². The smallest absolute Gasteiger partial charge is 0.419 e. The quantitative estimate of drug-likeness (QED) is 0.309. The molecule has 0 spiro atoms. The van der Waals surface area contributed by atoms with Gasteiger partial charge in [0.15, 0.2) is 11.5 Å². The molecule has 0 unspecified atom stereocenters. The van der Waals surface area contributed by atoms with Gasteiger partial charge in [0.1, 0.15) is 23.2 Å². The van der Waals surface area contributed by atoms with Crippen LogP contribution < -0.4 is 14.8 Å². The molecule has 1 aromatic heterocycles. The number of rotatable bonds is 10. The summed E-state index contributed by atoms with van der Waals surface area (Å²) in [5, 5.41) is 3.57. The van der Waals surface area contributed by atoms with E-state index >= 15 is 0 Å². The molecule has 6 nitrogen and oxygen atoms in total. The summed E-state index contributed by atoms with van der Waals surface area (Å²) in [6.07, 6.45) is -3.66. The van der Waals surface area contributed by atoms with Crippen molar-refractivity contribution in [1.29, 1.82) is 0 Å². The van der Waals surface area contributed by atoms with Crippen LogP contribution in [0.3, 0.4) is 0 Å². The number of aromatic nitrogens is 2. The lowest BCUT2D eigenvalue weighted by molar-refractivity contribution is -0.140. The fraction of sp³-hybridized carbons (Fsp3) is 0.423. The Bertz CT molecular complexity index is 1250. The van der Waals surface area contributed by atoms with Gasteiger partial charge in [0, 0.05) is 23.4 Å². The second kappa shape index (κ2) is 11.1. The van der Waals surface area contributed by atoms with Crippen LogP contribution in [0.25, 0.3) is 10.9 Å². The summed E-state index contributed by atoms with van der Waals surface area (Å²) in [6.45, 7) is 7.09. The zero-order chi connectivity index (χ0) is 26.6. The highest BCUT2D eigenvalue weighted by atomic mass is 19.4. The lowest BCUT2D eigenvalue weighted by Gasteiger charge is -2.20. The van der Waals surface area contributed by atoms with Gasteiger partial charge in [-0.1, -0.05) is 19.1 Å². The van der Waals surface area contributed by atoms with E-state index in [0.717, 1.165) is 0 Å². The minimum absolute atomic E-state index is 0.111. The third-order valence-corrected chi connectivity index (χ3v) is 5.76. The van der Waals surface area contributed by atoms with Gasteiger partial charge in [-0.05, 0) is 45.2 Å². The zero-order valence-electron chi connectivity index (χ0n) is 20.8. The predicted molar refractivity (Wildman–Crippen MR) is 129 cm³/mol. The second-order valence-electron chi connectivity index (χ2n) is 8.87. The number of halogens is 4. The van der Waals surface area contributed by atoms with Gasteiger partial charge in [0.05, 0.1) is 30.8 Å². The highest BCUT2D eigenvalue weighted by Crippen LogP contribution is 2.37. The molecule has 194 valence electrons. The number of carbonyl (C=O) groups is 1. The molecule has 1 N–H and O–H groups in total. The number of anilines is 1. The maximum absolute atomic E-state index is 14.7. The van der Waals surface area contributed by atoms with Crippen molar-refractivity contribution in [2.75, 3.05) is 19.0 Å². The maximum Gasteiger partial charge on any atom is 0.419 e. The summed E-state index contributed by atoms with van der Waals surface area (Å²) in [6, 6.07) is 5.72. The van der Waals surface area contributed by atoms with Gasteiger partial charge in [0.2, 0.25) is 0 Å². The number of nitrogens with zero attached hydrogens (tertiary/aromatic N) is 2. The Morgan fingerprint density at radius 1 is 1.14 bits per heavy atom. The Kier molecular flexibility index (Phi) is 8.37. The summed E-state index contributed by atoms with van der Waals surface area (Å²) in [4.78, 5) is 20.1. The SMILES string of the molecule is COc1cc2nc(C)nc(N[C@H](C)c3cccc(C(F)(F)F)c3F)c2cc1OC[C@@H](C)CCC(C)=O. The van der Waals surface area contributed by atoms with Crippen molar-refractivity contribution < 1.29 is 31.8 Å². The number of aryl methyl sites for hydroxylation is 1. The molecule has 10 heteroatoms. The standard InChI is InChI=1S/C26H29F4N3O3/c1-14(9-10-15(2)34)13-36-23-11-19-21(12-22(23)35-5)32-17(4)33-25(19)31-16(3)18-7-6-8-20(24(18)27)26(28,29)30/h6-8,11-12,14,16H,9-10,13H2,1-5H3,(H,31,32,33)/t14-,16+/m0/s1. The minimum Gasteiger partial charge on any atom is -0.493 e. The number of nitrogens with one attached hydrogen (secondary N) is 1. The van der Waals surface area contributed by atoms with Crippen LogP contribution in [-0.2, 0) is 11.0 Å². The molecule has 2 atom stereocenters. The largest absolute Gasteiger partial charge is 0.493 e. The van der Waals surface area contributed by atoms with E-state index in [1.807, 2.05) is 6.92 Å². The summed E-state index contributed by atoms with van der Waals surface area (Å²) in [5.41, 5.74) is -0.939. The highest BCUT2D eigenvalue weighted by Gasteiger charge is 2.35.